The summed E-state index contributed by atoms with van der Waals surface area (Å²) in [5.41, 5.74) is -0.325. The lowest BCUT2D eigenvalue weighted by atomic mass is 9.91. The van der Waals surface area contributed by atoms with Gasteiger partial charge in [0.15, 0.2) is 5.03 Å². The number of morpholine rings is 1. The van der Waals surface area contributed by atoms with Crippen LogP contribution in [0.1, 0.15) is 36.0 Å². The third kappa shape index (κ3) is 2.45. The van der Waals surface area contributed by atoms with E-state index >= 15 is 0 Å². The molecule has 1 saturated heterocycles. The average Bonchev–Trinajstić information content (AvgIpc) is 2.97. The number of nitrogens with zero attached hydrogens (tertiary/aromatic N) is 2. The molecule has 21 heavy (non-hydrogen) atoms. The fourth-order valence-electron chi connectivity index (χ4n) is 3.10. The first-order valence-electron chi connectivity index (χ1n) is 6.92. The second-order valence-electron chi connectivity index (χ2n) is 5.29. The first-order valence-corrected chi connectivity index (χ1v) is 8.36. The molecule has 9 heteroatoms. The van der Waals surface area contributed by atoms with Crippen LogP contribution in [-0.4, -0.2) is 59.3 Å². The van der Waals surface area contributed by atoms with Crippen molar-refractivity contribution >= 4 is 16.0 Å². The molecule has 0 amide bonds. The van der Waals surface area contributed by atoms with Gasteiger partial charge >= 0.3 is 5.97 Å². The van der Waals surface area contributed by atoms with Gasteiger partial charge in [-0.1, -0.05) is 12.8 Å². The number of sulfonamides is 1. The molecule has 2 atom stereocenters. The van der Waals surface area contributed by atoms with Gasteiger partial charge in [0.25, 0.3) is 10.0 Å². The number of rotatable bonds is 3. The number of hydrogen-bond donors (Lipinski definition) is 2. The van der Waals surface area contributed by atoms with E-state index in [1.807, 2.05) is 0 Å². The smallest absolute Gasteiger partial charge is 0.340 e. The maximum Gasteiger partial charge on any atom is 0.340 e. The van der Waals surface area contributed by atoms with Crippen molar-refractivity contribution in [3.8, 4) is 0 Å². The Morgan fingerprint density at radius 2 is 2.19 bits per heavy atom. The predicted octanol–water partition coefficient (Wildman–Crippen LogP) is 0.440. The highest BCUT2D eigenvalue weighted by molar-refractivity contribution is 7.89. The van der Waals surface area contributed by atoms with Crippen molar-refractivity contribution in [2.75, 3.05) is 13.2 Å². The minimum absolute atomic E-state index is 0.0986. The Balaban J connectivity index is 1.97. The van der Waals surface area contributed by atoms with Gasteiger partial charge in [0.1, 0.15) is 5.56 Å². The molecule has 1 aliphatic carbocycles. The molecule has 2 unspecified atom stereocenters. The Kier molecular flexibility index (Phi) is 3.72. The highest BCUT2D eigenvalue weighted by Gasteiger charge is 2.42. The summed E-state index contributed by atoms with van der Waals surface area (Å²) in [6, 6.07) is -0.220. The quantitative estimate of drug-likeness (QED) is 0.837. The minimum atomic E-state index is -3.91. The van der Waals surface area contributed by atoms with Crippen molar-refractivity contribution in [2.45, 2.75) is 42.9 Å². The van der Waals surface area contributed by atoms with Crippen molar-refractivity contribution in [2.24, 2.45) is 0 Å². The molecular formula is C12H17N3O5S. The zero-order valence-electron chi connectivity index (χ0n) is 11.4. The van der Waals surface area contributed by atoms with Gasteiger partial charge < -0.3 is 9.84 Å². The van der Waals surface area contributed by atoms with E-state index in [-0.39, 0.29) is 29.3 Å². The van der Waals surface area contributed by atoms with E-state index in [1.165, 1.54) is 4.31 Å². The third-order valence-electron chi connectivity index (χ3n) is 4.08. The number of carboxylic acids is 1. The van der Waals surface area contributed by atoms with Crippen LogP contribution in [0.3, 0.4) is 0 Å². The summed E-state index contributed by atoms with van der Waals surface area (Å²) in [6.45, 7) is 0.568. The molecule has 1 aromatic heterocycles. The first-order chi connectivity index (χ1) is 10.0. The minimum Gasteiger partial charge on any atom is -0.478 e. The summed E-state index contributed by atoms with van der Waals surface area (Å²) in [7, 11) is -3.91. The second-order valence-corrected chi connectivity index (χ2v) is 7.12. The van der Waals surface area contributed by atoms with Gasteiger partial charge in [0.2, 0.25) is 0 Å². The molecule has 0 radical (unpaired) electrons. The number of ether oxygens (including phenoxy) is 1. The fraction of sp³-hybridized carbons (Fsp3) is 0.667. The Morgan fingerprint density at radius 3 is 2.95 bits per heavy atom. The maximum absolute atomic E-state index is 12.8. The van der Waals surface area contributed by atoms with Crippen LogP contribution in [0.4, 0.5) is 0 Å². The highest BCUT2D eigenvalue weighted by atomic mass is 32.2. The largest absolute Gasteiger partial charge is 0.478 e. The second kappa shape index (κ2) is 5.39. The predicted molar refractivity (Wildman–Crippen MR) is 71.4 cm³/mol. The highest BCUT2D eigenvalue weighted by Crippen LogP contribution is 2.32. The number of carbonyl (C=O) groups is 1. The lowest BCUT2D eigenvalue weighted by Gasteiger charge is -2.42. The number of H-pyrrole nitrogens is 1. The zero-order valence-corrected chi connectivity index (χ0v) is 12.2. The molecule has 3 rings (SSSR count). The SMILES string of the molecule is O=C(O)c1cn[nH]c1S(=O)(=O)N1CCOC2CCCCC21. The number of aromatic carboxylic acids is 1. The molecule has 0 spiro atoms. The normalized spacial score (nSPS) is 27.2. The molecule has 116 valence electrons. The van der Waals surface area contributed by atoms with Crippen molar-refractivity contribution in [1.82, 2.24) is 14.5 Å². The summed E-state index contributed by atoms with van der Waals surface area (Å²) in [6.07, 6.45) is 4.48. The van der Waals surface area contributed by atoms with Crippen molar-refractivity contribution < 1.29 is 23.1 Å². The van der Waals surface area contributed by atoms with E-state index in [4.69, 9.17) is 9.84 Å². The number of aromatic nitrogens is 2. The molecule has 1 aromatic rings. The van der Waals surface area contributed by atoms with Crippen molar-refractivity contribution in [3.05, 3.63) is 11.8 Å². The summed E-state index contributed by atoms with van der Waals surface area (Å²) < 4.78 is 32.6. The topological polar surface area (TPSA) is 113 Å². The third-order valence-corrected chi connectivity index (χ3v) is 5.98. The molecule has 0 bridgehead atoms. The van der Waals surface area contributed by atoms with Crippen LogP contribution >= 0.6 is 0 Å². The fourth-order valence-corrected chi connectivity index (χ4v) is 4.83. The molecule has 2 fully saturated rings. The van der Waals surface area contributed by atoms with Gasteiger partial charge in [-0.05, 0) is 12.8 Å². The lowest BCUT2D eigenvalue weighted by molar-refractivity contribution is -0.0586. The van der Waals surface area contributed by atoms with Crippen LogP contribution in [0.5, 0.6) is 0 Å². The first kappa shape index (κ1) is 14.5. The van der Waals surface area contributed by atoms with Gasteiger partial charge in [-0.2, -0.15) is 9.40 Å². The number of hydrogen-bond acceptors (Lipinski definition) is 5. The molecule has 1 saturated carbocycles. The van der Waals surface area contributed by atoms with Crippen molar-refractivity contribution in [1.29, 1.82) is 0 Å². The van der Waals surface area contributed by atoms with Gasteiger partial charge in [0.05, 0.1) is 24.9 Å². The van der Waals surface area contributed by atoms with Crippen LogP contribution in [0.25, 0.3) is 0 Å². The maximum atomic E-state index is 12.8. The summed E-state index contributed by atoms with van der Waals surface area (Å²) in [5.74, 6) is -1.31. The van der Waals surface area contributed by atoms with E-state index < -0.39 is 16.0 Å². The van der Waals surface area contributed by atoms with Crippen LogP contribution in [0.15, 0.2) is 11.2 Å². The molecule has 8 nitrogen and oxygen atoms in total. The van der Waals surface area contributed by atoms with Gasteiger partial charge in [-0.3, -0.25) is 5.10 Å². The van der Waals surface area contributed by atoms with Crippen molar-refractivity contribution in [3.63, 3.8) is 0 Å². The van der Waals surface area contributed by atoms with Gasteiger partial charge in [-0.25, -0.2) is 13.2 Å². The Hall–Kier alpha value is -1.45. The Labute approximate surface area is 122 Å². The molecule has 1 aliphatic heterocycles. The van der Waals surface area contributed by atoms with Crippen LogP contribution < -0.4 is 0 Å². The average molecular weight is 315 g/mol. The van der Waals surface area contributed by atoms with Gasteiger partial charge in [0, 0.05) is 6.54 Å². The molecular weight excluding hydrogens is 298 g/mol. The summed E-state index contributed by atoms with van der Waals surface area (Å²) in [4.78, 5) is 11.1. The monoisotopic (exact) mass is 315 g/mol. The van der Waals surface area contributed by atoms with E-state index in [0.717, 1.165) is 31.9 Å². The number of nitrogens with one attached hydrogen (secondary N) is 1. The van der Waals surface area contributed by atoms with E-state index in [2.05, 4.69) is 10.2 Å². The van der Waals surface area contributed by atoms with E-state index in [9.17, 15) is 13.2 Å². The lowest BCUT2D eigenvalue weighted by Crippen LogP contribution is -2.54. The molecule has 2 heterocycles. The van der Waals surface area contributed by atoms with Crippen LogP contribution in [0.2, 0.25) is 0 Å². The van der Waals surface area contributed by atoms with E-state index in [0.29, 0.717) is 6.61 Å². The molecule has 2 aliphatic rings. The van der Waals surface area contributed by atoms with Crippen LogP contribution in [0, 0.1) is 0 Å². The van der Waals surface area contributed by atoms with E-state index in [1.54, 1.807) is 0 Å². The Bertz CT molecular complexity index is 639. The number of carboxylic acid groups (broad SMARTS) is 1. The number of fused-ring (bicyclic) bond motifs is 1. The summed E-state index contributed by atoms with van der Waals surface area (Å²) in [5, 5.41) is 14.6. The van der Waals surface area contributed by atoms with Crippen LogP contribution in [-0.2, 0) is 14.8 Å². The standard InChI is InChI=1S/C12H17N3O5S/c16-12(17)8-7-13-14-11(8)21(18,19)15-5-6-20-10-4-2-1-3-9(10)15/h7,9-10H,1-6H2,(H,13,14)(H,16,17). The molecule has 2 N–H and O–H groups in total. The zero-order chi connectivity index (χ0) is 15.0. The van der Waals surface area contributed by atoms with Gasteiger partial charge in [-0.15, -0.1) is 0 Å². The Morgan fingerprint density at radius 1 is 1.43 bits per heavy atom. The molecule has 0 aromatic carbocycles. The number of aromatic amines is 1. The summed E-state index contributed by atoms with van der Waals surface area (Å²) >= 11 is 0.